The number of aromatic nitrogens is 3. The molecule has 2 heterocycles. The van der Waals surface area contributed by atoms with Crippen LogP contribution >= 0.6 is 11.6 Å². The van der Waals surface area contributed by atoms with Crippen LogP contribution in [0.25, 0.3) is 11.0 Å². The smallest absolute Gasteiger partial charge is 0.294 e. The molecule has 0 saturated carbocycles. The van der Waals surface area contributed by atoms with Crippen LogP contribution in [0.5, 0.6) is 11.5 Å². The SMILES string of the molecule is C.C[C@H](Nc1ncc2cc(Oc3ccc(Cl)cc3)c(=O)n(C)c2n1)C(C)(C)O. The first kappa shape index (κ1) is 21.7. The van der Waals surface area contributed by atoms with E-state index in [1.807, 2.05) is 6.92 Å². The molecule has 0 aliphatic carbocycles. The minimum atomic E-state index is -0.944. The molecule has 0 aliphatic rings. The molecule has 2 aromatic heterocycles. The topological polar surface area (TPSA) is 89.3 Å². The second kappa shape index (κ2) is 8.16. The molecule has 150 valence electrons. The van der Waals surface area contributed by atoms with Gasteiger partial charge in [0.25, 0.3) is 5.56 Å². The number of nitrogens with zero attached hydrogens (tertiary/aromatic N) is 3. The van der Waals surface area contributed by atoms with E-state index in [-0.39, 0.29) is 24.8 Å². The molecule has 3 rings (SSSR count). The quantitative estimate of drug-likeness (QED) is 0.668. The fourth-order valence-corrected chi connectivity index (χ4v) is 2.49. The minimum Gasteiger partial charge on any atom is -0.452 e. The normalized spacial score (nSPS) is 12.4. The standard InChI is InChI=1S/C19H21ClN4O3.CH4/c1-11(19(2,3)26)22-18-21-10-12-9-15(17(25)24(4)16(12)23-18)27-14-7-5-13(20)6-8-14;/h5-11,26H,1-4H3,(H,21,22,23);1H4/t11-;/m0./s1. The van der Waals surface area contributed by atoms with E-state index >= 15 is 0 Å². The third-order valence-electron chi connectivity index (χ3n) is 4.36. The fraction of sp³-hybridized carbons (Fsp3) is 0.350. The molecule has 2 N–H and O–H groups in total. The lowest BCUT2D eigenvalue weighted by Crippen LogP contribution is -2.39. The second-order valence-electron chi connectivity index (χ2n) is 6.92. The van der Waals surface area contributed by atoms with E-state index in [0.29, 0.717) is 27.8 Å². The number of nitrogens with one attached hydrogen (secondary N) is 1. The van der Waals surface area contributed by atoms with Crippen LogP contribution < -0.4 is 15.6 Å². The van der Waals surface area contributed by atoms with E-state index in [1.54, 1.807) is 57.4 Å². The van der Waals surface area contributed by atoms with Crippen molar-refractivity contribution in [3.05, 3.63) is 51.9 Å². The van der Waals surface area contributed by atoms with Gasteiger partial charge in [0.2, 0.25) is 5.95 Å². The summed E-state index contributed by atoms with van der Waals surface area (Å²) >= 11 is 5.87. The molecular formula is C20H25ClN4O3. The van der Waals surface area contributed by atoms with Crippen molar-refractivity contribution in [1.82, 2.24) is 14.5 Å². The van der Waals surface area contributed by atoms with Crippen LogP contribution in [0.4, 0.5) is 5.95 Å². The largest absolute Gasteiger partial charge is 0.452 e. The summed E-state index contributed by atoms with van der Waals surface area (Å²) in [6.45, 7) is 5.22. The summed E-state index contributed by atoms with van der Waals surface area (Å²) in [6, 6.07) is 8.08. The van der Waals surface area contributed by atoms with Gasteiger partial charge < -0.3 is 15.2 Å². The molecule has 8 heteroatoms. The average Bonchev–Trinajstić information content (AvgIpc) is 2.61. The highest BCUT2D eigenvalue weighted by molar-refractivity contribution is 6.30. The zero-order valence-corrected chi connectivity index (χ0v) is 16.3. The maximum absolute atomic E-state index is 12.6. The molecule has 1 atom stereocenters. The molecule has 0 amide bonds. The number of anilines is 1. The lowest BCUT2D eigenvalue weighted by Gasteiger charge is -2.26. The predicted molar refractivity (Wildman–Crippen MR) is 112 cm³/mol. The zero-order valence-electron chi connectivity index (χ0n) is 15.5. The van der Waals surface area contributed by atoms with Crippen LogP contribution in [0.15, 0.2) is 41.3 Å². The van der Waals surface area contributed by atoms with Crippen molar-refractivity contribution in [2.24, 2.45) is 7.05 Å². The second-order valence-corrected chi connectivity index (χ2v) is 7.36. The summed E-state index contributed by atoms with van der Waals surface area (Å²) in [5.74, 6) is 1.01. The number of ether oxygens (including phenoxy) is 1. The predicted octanol–water partition coefficient (Wildman–Crippen LogP) is 3.98. The maximum atomic E-state index is 12.6. The fourth-order valence-electron chi connectivity index (χ4n) is 2.36. The Morgan fingerprint density at radius 1 is 1.29 bits per heavy atom. The Hall–Kier alpha value is -2.64. The van der Waals surface area contributed by atoms with Gasteiger partial charge >= 0.3 is 0 Å². The lowest BCUT2D eigenvalue weighted by atomic mass is 10.0. The third kappa shape index (κ3) is 4.61. The van der Waals surface area contributed by atoms with Crippen molar-refractivity contribution in [2.75, 3.05) is 5.32 Å². The summed E-state index contributed by atoms with van der Waals surface area (Å²) < 4.78 is 7.10. The highest BCUT2D eigenvalue weighted by Gasteiger charge is 2.23. The Morgan fingerprint density at radius 3 is 2.54 bits per heavy atom. The van der Waals surface area contributed by atoms with E-state index in [0.717, 1.165) is 0 Å². The molecule has 7 nitrogen and oxygen atoms in total. The van der Waals surface area contributed by atoms with E-state index in [4.69, 9.17) is 16.3 Å². The Labute approximate surface area is 169 Å². The van der Waals surface area contributed by atoms with E-state index in [1.165, 1.54) is 4.57 Å². The maximum Gasteiger partial charge on any atom is 0.294 e. The zero-order chi connectivity index (χ0) is 19.8. The Balaban J connectivity index is 0.00000280. The number of aryl methyl sites for hydroxylation is 1. The van der Waals surface area contributed by atoms with Gasteiger partial charge in [-0.05, 0) is 51.1 Å². The van der Waals surface area contributed by atoms with Gasteiger partial charge in [0.15, 0.2) is 5.75 Å². The van der Waals surface area contributed by atoms with Gasteiger partial charge in [-0.2, -0.15) is 4.98 Å². The summed E-state index contributed by atoms with van der Waals surface area (Å²) in [5, 5.41) is 14.3. The van der Waals surface area contributed by atoms with Crippen LogP contribution in [0.2, 0.25) is 5.02 Å². The highest BCUT2D eigenvalue weighted by Crippen LogP contribution is 2.23. The summed E-state index contributed by atoms with van der Waals surface area (Å²) in [5.41, 5.74) is -0.804. The van der Waals surface area contributed by atoms with Crippen molar-refractivity contribution < 1.29 is 9.84 Å². The highest BCUT2D eigenvalue weighted by atomic mass is 35.5. The number of rotatable bonds is 5. The van der Waals surface area contributed by atoms with Crippen LogP contribution in [0, 0.1) is 0 Å². The number of benzene rings is 1. The van der Waals surface area contributed by atoms with Gasteiger partial charge in [-0.1, -0.05) is 19.0 Å². The molecule has 28 heavy (non-hydrogen) atoms. The Morgan fingerprint density at radius 2 is 1.93 bits per heavy atom. The molecule has 0 spiro atoms. The molecule has 1 aromatic carbocycles. The third-order valence-corrected chi connectivity index (χ3v) is 4.61. The molecule has 0 unspecified atom stereocenters. The molecule has 0 bridgehead atoms. The number of fused-ring (bicyclic) bond motifs is 1. The first-order valence-electron chi connectivity index (χ1n) is 8.44. The molecule has 0 fully saturated rings. The van der Waals surface area contributed by atoms with Crippen molar-refractivity contribution in [2.45, 2.75) is 39.8 Å². The first-order chi connectivity index (χ1) is 12.6. The van der Waals surface area contributed by atoms with Crippen molar-refractivity contribution in [3.63, 3.8) is 0 Å². The molecule has 0 aliphatic heterocycles. The van der Waals surface area contributed by atoms with Crippen LogP contribution in [0.1, 0.15) is 28.2 Å². The number of hydrogen-bond donors (Lipinski definition) is 2. The monoisotopic (exact) mass is 404 g/mol. The lowest BCUT2D eigenvalue weighted by molar-refractivity contribution is 0.0646. The van der Waals surface area contributed by atoms with Gasteiger partial charge in [-0.3, -0.25) is 9.36 Å². The van der Waals surface area contributed by atoms with Crippen molar-refractivity contribution in [3.8, 4) is 11.5 Å². The van der Waals surface area contributed by atoms with Crippen LogP contribution in [0.3, 0.4) is 0 Å². The average molecular weight is 405 g/mol. The van der Waals surface area contributed by atoms with Crippen LogP contribution in [-0.2, 0) is 7.05 Å². The van der Waals surface area contributed by atoms with Gasteiger partial charge in [0, 0.05) is 23.7 Å². The number of pyridine rings is 1. The molecule has 0 saturated heterocycles. The van der Waals surface area contributed by atoms with Crippen molar-refractivity contribution in [1.29, 1.82) is 0 Å². The number of halogens is 1. The summed E-state index contributed by atoms with van der Waals surface area (Å²) in [7, 11) is 1.62. The Bertz CT molecular complexity index is 1030. The van der Waals surface area contributed by atoms with E-state index in [9.17, 15) is 9.90 Å². The van der Waals surface area contributed by atoms with Gasteiger partial charge in [-0.25, -0.2) is 4.98 Å². The van der Waals surface area contributed by atoms with Gasteiger partial charge in [0.1, 0.15) is 11.4 Å². The minimum absolute atomic E-state index is 0. The molecule has 0 radical (unpaired) electrons. The number of hydrogen-bond acceptors (Lipinski definition) is 6. The van der Waals surface area contributed by atoms with Crippen LogP contribution in [-0.4, -0.2) is 31.3 Å². The number of aliphatic hydroxyl groups is 1. The summed E-state index contributed by atoms with van der Waals surface area (Å²) in [6.07, 6.45) is 1.61. The van der Waals surface area contributed by atoms with E-state index < -0.39 is 5.60 Å². The van der Waals surface area contributed by atoms with Gasteiger partial charge in [0.05, 0.1) is 11.6 Å². The Kier molecular flexibility index (Phi) is 6.31. The molecule has 3 aromatic rings. The first-order valence-corrected chi connectivity index (χ1v) is 8.82. The van der Waals surface area contributed by atoms with E-state index in [2.05, 4.69) is 15.3 Å². The van der Waals surface area contributed by atoms with Crippen molar-refractivity contribution >= 4 is 28.6 Å². The molecular weight excluding hydrogens is 380 g/mol. The summed E-state index contributed by atoms with van der Waals surface area (Å²) in [4.78, 5) is 21.3. The van der Waals surface area contributed by atoms with Gasteiger partial charge in [-0.15, -0.1) is 0 Å².